The molecule has 1 aliphatic heterocycles. The smallest absolute Gasteiger partial charge is 0.486 e. The third-order valence-corrected chi connectivity index (χ3v) is 4.20. The number of piperidine rings is 1. The van der Waals surface area contributed by atoms with E-state index in [-0.39, 0.29) is 30.1 Å². The molecular weight excluding hydrogens is 395 g/mol. The van der Waals surface area contributed by atoms with Crippen LogP contribution in [0, 0.1) is 0 Å². The average Bonchev–Trinajstić information content (AvgIpc) is 2.68. The lowest BCUT2D eigenvalue weighted by Gasteiger charge is -2.32. The van der Waals surface area contributed by atoms with Crippen LogP contribution in [0.1, 0.15) is 12.8 Å². The maximum Gasteiger partial charge on any atom is 0.573 e. The highest BCUT2D eigenvalue weighted by Crippen LogP contribution is 2.33. The van der Waals surface area contributed by atoms with E-state index in [4.69, 9.17) is 9.47 Å². The number of hydrogen-bond acceptors (Lipinski definition) is 6. The molecule has 0 bridgehead atoms. The Kier molecular flexibility index (Phi) is 6.25. The van der Waals surface area contributed by atoms with Gasteiger partial charge in [0.1, 0.15) is 6.10 Å². The Labute approximate surface area is 163 Å². The number of para-hydroxylation sites is 2. The fourth-order valence-electron chi connectivity index (χ4n) is 2.84. The Morgan fingerprint density at radius 1 is 1.14 bits per heavy atom. The molecule has 1 saturated heterocycles. The monoisotopic (exact) mass is 413 g/mol. The Hall–Kier alpha value is -3.24. The van der Waals surface area contributed by atoms with Crippen LogP contribution in [0.3, 0.4) is 0 Å². The number of alkyl halides is 3. The Balaban J connectivity index is 1.50. The zero-order valence-corrected chi connectivity index (χ0v) is 15.1. The number of ether oxygens (including phenoxy) is 3. The first-order chi connectivity index (χ1) is 13.8. The van der Waals surface area contributed by atoms with Gasteiger partial charge in [-0.25, -0.2) is 5.10 Å². The molecule has 0 spiro atoms. The first kappa shape index (κ1) is 20.5. The number of nitrogens with one attached hydrogen (secondary N) is 1. The molecule has 1 N–H and O–H groups in total. The summed E-state index contributed by atoms with van der Waals surface area (Å²) < 4.78 is 52.3. The summed E-state index contributed by atoms with van der Waals surface area (Å²) in [5.41, 5.74) is -0.535. The van der Waals surface area contributed by atoms with Crippen molar-refractivity contribution in [2.75, 3.05) is 19.7 Å². The average molecular weight is 413 g/mol. The van der Waals surface area contributed by atoms with E-state index in [1.54, 1.807) is 11.0 Å². The molecule has 156 valence electrons. The van der Waals surface area contributed by atoms with Crippen molar-refractivity contribution in [3.63, 3.8) is 0 Å². The summed E-state index contributed by atoms with van der Waals surface area (Å²) in [5.74, 6) is -0.724. The van der Waals surface area contributed by atoms with Crippen molar-refractivity contribution >= 4 is 5.91 Å². The largest absolute Gasteiger partial charge is 0.573 e. The highest BCUT2D eigenvalue weighted by molar-refractivity contribution is 5.77. The molecule has 0 saturated carbocycles. The van der Waals surface area contributed by atoms with Crippen LogP contribution in [0.25, 0.3) is 0 Å². The third-order valence-electron chi connectivity index (χ3n) is 4.20. The van der Waals surface area contributed by atoms with Crippen molar-refractivity contribution in [2.45, 2.75) is 25.3 Å². The summed E-state index contributed by atoms with van der Waals surface area (Å²) in [5, 5.41) is 5.73. The van der Waals surface area contributed by atoms with Crippen molar-refractivity contribution < 1.29 is 32.2 Å². The van der Waals surface area contributed by atoms with Gasteiger partial charge in [-0.15, -0.1) is 13.2 Å². The summed E-state index contributed by atoms with van der Waals surface area (Å²) in [4.78, 5) is 25.3. The summed E-state index contributed by atoms with van der Waals surface area (Å²) in [6.07, 6.45) is -2.97. The van der Waals surface area contributed by atoms with E-state index >= 15 is 0 Å². The molecule has 3 rings (SSSR count). The van der Waals surface area contributed by atoms with Gasteiger partial charge >= 0.3 is 11.9 Å². The molecule has 0 radical (unpaired) electrons. The zero-order chi connectivity index (χ0) is 20.9. The van der Waals surface area contributed by atoms with Gasteiger partial charge in [-0.3, -0.25) is 9.59 Å². The van der Waals surface area contributed by atoms with E-state index in [0.29, 0.717) is 25.9 Å². The van der Waals surface area contributed by atoms with Crippen LogP contribution in [-0.4, -0.2) is 53.2 Å². The van der Waals surface area contributed by atoms with Gasteiger partial charge in [0, 0.05) is 32.0 Å². The summed E-state index contributed by atoms with van der Waals surface area (Å²) in [7, 11) is 0. The van der Waals surface area contributed by atoms with E-state index in [1.165, 1.54) is 30.5 Å². The number of hydrogen-bond donors (Lipinski definition) is 1. The SMILES string of the molecule is O=C(COc1ccn[nH]c1=O)N1CCC(Oc2ccccc2OC(F)(F)F)CC1. The number of rotatable bonds is 6. The first-order valence-electron chi connectivity index (χ1n) is 8.77. The molecule has 1 amide bonds. The predicted molar refractivity (Wildman–Crippen MR) is 93.7 cm³/mol. The molecule has 2 aromatic rings. The molecule has 0 unspecified atom stereocenters. The molecule has 11 heteroatoms. The topological polar surface area (TPSA) is 93.8 Å². The molecule has 1 fully saturated rings. The normalized spacial score (nSPS) is 15.1. The van der Waals surface area contributed by atoms with Gasteiger partial charge in [-0.1, -0.05) is 12.1 Å². The second-order valence-corrected chi connectivity index (χ2v) is 6.23. The molecule has 1 aromatic carbocycles. The molecular formula is C18H18F3N3O5. The number of aromatic amines is 1. The van der Waals surface area contributed by atoms with Gasteiger partial charge in [0.05, 0.1) is 6.20 Å². The van der Waals surface area contributed by atoms with Crippen LogP contribution >= 0.6 is 0 Å². The fourth-order valence-corrected chi connectivity index (χ4v) is 2.84. The third kappa shape index (κ3) is 5.87. The number of carbonyl (C=O) groups excluding carboxylic acids is 1. The number of H-pyrrole nitrogens is 1. The van der Waals surface area contributed by atoms with Crippen molar-refractivity contribution in [1.29, 1.82) is 0 Å². The minimum atomic E-state index is -4.81. The molecule has 0 atom stereocenters. The van der Waals surface area contributed by atoms with Crippen molar-refractivity contribution in [1.82, 2.24) is 15.1 Å². The number of amides is 1. The lowest BCUT2D eigenvalue weighted by molar-refractivity contribution is -0.275. The number of carbonyl (C=O) groups is 1. The van der Waals surface area contributed by atoms with Crippen molar-refractivity contribution in [3.8, 4) is 17.2 Å². The lowest BCUT2D eigenvalue weighted by Crippen LogP contribution is -2.43. The second kappa shape index (κ2) is 8.84. The first-order valence-corrected chi connectivity index (χ1v) is 8.77. The predicted octanol–water partition coefficient (Wildman–Crippen LogP) is 2.12. The Morgan fingerprint density at radius 2 is 1.83 bits per heavy atom. The number of nitrogens with zero attached hydrogens (tertiary/aromatic N) is 2. The van der Waals surface area contributed by atoms with Gasteiger partial charge in [-0.2, -0.15) is 5.10 Å². The molecule has 1 aromatic heterocycles. The van der Waals surface area contributed by atoms with Crippen LogP contribution in [-0.2, 0) is 4.79 Å². The zero-order valence-electron chi connectivity index (χ0n) is 15.1. The molecule has 2 heterocycles. The fraction of sp³-hybridized carbons (Fsp3) is 0.389. The maximum absolute atomic E-state index is 12.5. The van der Waals surface area contributed by atoms with Gasteiger partial charge in [-0.05, 0) is 12.1 Å². The van der Waals surface area contributed by atoms with Crippen LogP contribution in [0.4, 0.5) is 13.2 Å². The van der Waals surface area contributed by atoms with Gasteiger partial charge in [0.2, 0.25) is 0 Å². The lowest BCUT2D eigenvalue weighted by atomic mass is 10.1. The Bertz CT molecular complexity index is 895. The summed E-state index contributed by atoms with van der Waals surface area (Å²) in [6, 6.07) is 6.91. The number of aromatic nitrogens is 2. The van der Waals surface area contributed by atoms with Gasteiger partial charge < -0.3 is 19.1 Å². The minimum Gasteiger partial charge on any atom is -0.486 e. The van der Waals surface area contributed by atoms with Gasteiger partial charge in [0.25, 0.3) is 5.91 Å². The minimum absolute atomic E-state index is 0.00477. The van der Waals surface area contributed by atoms with Crippen molar-refractivity contribution in [3.05, 3.63) is 46.9 Å². The number of likely N-dealkylation sites (tertiary alicyclic amines) is 1. The van der Waals surface area contributed by atoms with E-state index in [0.717, 1.165) is 0 Å². The summed E-state index contributed by atoms with van der Waals surface area (Å²) >= 11 is 0. The van der Waals surface area contributed by atoms with Gasteiger partial charge in [0.15, 0.2) is 23.9 Å². The molecule has 29 heavy (non-hydrogen) atoms. The standard InChI is InChI=1S/C18H18F3N3O5/c19-18(20,21)29-14-4-2-1-3-13(14)28-12-6-9-24(10-7-12)16(25)11-27-15-5-8-22-23-17(15)26/h1-5,8,12H,6-7,9-11H2,(H,23,26). The molecule has 1 aliphatic rings. The molecule has 8 nitrogen and oxygen atoms in total. The van der Waals surface area contributed by atoms with Crippen molar-refractivity contribution in [2.24, 2.45) is 0 Å². The van der Waals surface area contributed by atoms with Crippen LogP contribution in [0.5, 0.6) is 17.2 Å². The second-order valence-electron chi connectivity index (χ2n) is 6.23. The van der Waals surface area contributed by atoms with E-state index < -0.39 is 17.7 Å². The van der Waals surface area contributed by atoms with Crippen LogP contribution in [0.15, 0.2) is 41.3 Å². The number of benzene rings is 1. The Morgan fingerprint density at radius 3 is 2.48 bits per heavy atom. The number of halogens is 3. The van der Waals surface area contributed by atoms with E-state index in [9.17, 15) is 22.8 Å². The highest BCUT2D eigenvalue weighted by atomic mass is 19.4. The van der Waals surface area contributed by atoms with E-state index in [2.05, 4.69) is 14.9 Å². The van der Waals surface area contributed by atoms with E-state index in [1.807, 2.05) is 0 Å². The maximum atomic E-state index is 12.5. The van der Waals surface area contributed by atoms with Crippen LogP contribution < -0.4 is 19.8 Å². The highest BCUT2D eigenvalue weighted by Gasteiger charge is 2.33. The van der Waals surface area contributed by atoms with Crippen LogP contribution in [0.2, 0.25) is 0 Å². The summed E-state index contributed by atoms with van der Waals surface area (Å²) in [6.45, 7) is 0.393. The quantitative estimate of drug-likeness (QED) is 0.780. The molecule has 0 aliphatic carbocycles.